The fraction of sp³-hybridized carbons (Fsp3) is 0.458. The first-order valence-corrected chi connectivity index (χ1v) is 22.2. The first-order chi connectivity index (χ1) is 30.6. The van der Waals surface area contributed by atoms with Crippen molar-refractivity contribution < 1.29 is 33.4 Å². The molecule has 15 nitrogen and oxygen atoms in total. The number of likely N-dealkylation sites (tertiary alicyclic amines) is 2. The molecule has 0 spiro atoms. The van der Waals surface area contributed by atoms with Gasteiger partial charge in [-0.05, 0) is 102 Å². The number of methoxy groups -OCH3 is 2. The summed E-state index contributed by atoms with van der Waals surface area (Å²) in [7, 11) is 2.63. The average molecular weight is 855 g/mol. The maximum absolute atomic E-state index is 14.2. The molecule has 63 heavy (non-hydrogen) atoms. The highest BCUT2D eigenvalue weighted by Gasteiger charge is 2.57. The number of piperidine rings is 2. The number of nitrogens with zero attached hydrogens (tertiary/aromatic N) is 4. The maximum Gasteiger partial charge on any atom is 0.407 e. The minimum Gasteiger partial charge on any atom is -0.453 e. The van der Waals surface area contributed by atoms with Crippen molar-refractivity contribution in [3.8, 4) is 33.6 Å². The molecule has 15 heteroatoms. The first-order valence-electron chi connectivity index (χ1n) is 22.2. The van der Waals surface area contributed by atoms with Crippen LogP contribution in [-0.2, 0) is 23.8 Å². The smallest absolute Gasteiger partial charge is 0.407 e. The Hall–Kier alpha value is -6.22. The van der Waals surface area contributed by atoms with E-state index in [1.54, 1.807) is 0 Å². The maximum atomic E-state index is 14.2. The second-order valence-corrected chi connectivity index (χ2v) is 18.3. The molecule has 10 rings (SSSR count). The molecule has 8 unspecified atom stereocenters. The number of fused-ring (bicyclic) bond motifs is 3. The summed E-state index contributed by atoms with van der Waals surface area (Å²) < 4.78 is 15.3. The number of benzene rings is 3. The van der Waals surface area contributed by atoms with Crippen LogP contribution in [0.4, 0.5) is 9.59 Å². The number of ether oxygens (including phenoxy) is 3. The van der Waals surface area contributed by atoms with E-state index < -0.39 is 24.3 Å². The van der Waals surface area contributed by atoms with Crippen LogP contribution in [0.1, 0.15) is 76.1 Å². The van der Waals surface area contributed by atoms with Crippen molar-refractivity contribution in [3.05, 3.63) is 84.7 Å². The van der Waals surface area contributed by atoms with Crippen molar-refractivity contribution in [1.29, 1.82) is 0 Å². The van der Waals surface area contributed by atoms with Crippen LogP contribution in [0.15, 0.2) is 73.1 Å². The molecule has 4 N–H and O–H groups in total. The summed E-state index contributed by atoms with van der Waals surface area (Å²) in [6.45, 7) is 4.98. The van der Waals surface area contributed by atoms with Gasteiger partial charge in [0.25, 0.3) is 0 Å². The fourth-order valence-corrected chi connectivity index (χ4v) is 10.4. The van der Waals surface area contributed by atoms with E-state index in [-0.39, 0.29) is 47.8 Å². The van der Waals surface area contributed by atoms with Crippen LogP contribution in [0.3, 0.4) is 0 Å². The number of nitrogens with one attached hydrogen (secondary N) is 4. The van der Waals surface area contributed by atoms with Crippen molar-refractivity contribution in [2.45, 2.75) is 88.6 Å². The number of carbonyl (C=O) groups is 4. The lowest BCUT2D eigenvalue weighted by Gasteiger charge is -2.35. The van der Waals surface area contributed by atoms with Gasteiger partial charge in [0.2, 0.25) is 11.8 Å². The highest BCUT2D eigenvalue weighted by Crippen LogP contribution is 2.54. The molecule has 8 atom stereocenters. The zero-order valence-electron chi connectivity index (χ0n) is 36.0. The number of alkyl carbamates (subject to hydrolysis) is 2. The number of carbonyl (C=O) groups excluding carboxylic acids is 4. The Bertz CT molecular complexity index is 2550. The first kappa shape index (κ1) is 40.8. The van der Waals surface area contributed by atoms with E-state index in [4.69, 9.17) is 24.2 Å². The van der Waals surface area contributed by atoms with Crippen molar-refractivity contribution in [1.82, 2.24) is 40.4 Å². The van der Waals surface area contributed by atoms with Gasteiger partial charge in [0.05, 0.1) is 50.1 Å². The highest BCUT2D eigenvalue weighted by atomic mass is 16.5. The molecule has 3 saturated heterocycles. The molecule has 2 aliphatic carbocycles. The highest BCUT2D eigenvalue weighted by molar-refractivity contribution is 5.91. The molecule has 5 aromatic rings. The second-order valence-electron chi connectivity index (χ2n) is 18.3. The van der Waals surface area contributed by atoms with E-state index in [0.29, 0.717) is 37.9 Å². The minimum absolute atomic E-state index is 0.0205. The van der Waals surface area contributed by atoms with E-state index in [2.05, 4.69) is 81.3 Å². The molecule has 3 aromatic carbocycles. The second kappa shape index (κ2) is 16.5. The van der Waals surface area contributed by atoms with Gasteiger partial charge in [0.15, 0.2) is 0 Å². The van der Waals surface area contributed by atoms with Crippen LogP contribution in [0.2, 0.25) is 0 Å². The molecule has 2 aromatic heterocycles. The Morgan fingerprint density at radius 3 is 1.76 bits per heavy atom. The third-order valence-electron chi connectivity index (χ3n) is 14.1. The predicted molar refractivity (Wildman–Crippen MR) is 234 cm³/mol. The lowest BCUT2D eigenvalue weighted by atomic mass is 9.90. The number of hydrogen-bond donors (Lipinski definition) is 4. The molecule has 328 valence electrons. The van der Waals surface area contributed by atoms with Gasteiger partial charge < -0.3 is 44.6 Å². The van der Waals surface area contributed by atoms with E-state index in [9.17, 15) is 19.2 Å². The van der Waals surface area contributed by atoms with Crippen molar-refractivity contribution in [3.63, 3.8) is 0 Å². The average Bonchev–Trinajstić information content (AvgIpc) is 3.89. The number of aromatic amines is 2. The molecule has 0 bridgehead atoms. The van der Waals surface area contributed by atoms with Crippen molar-refractivity contribution in [2.75, 3.05) is 27.4 Å². The third kappa shape index (κ3) is 7.80. The van der Waals surface area contributed by atoms with E-state index in [1.807, 2.05) is 36.0 Å². The van der Waals surface area contributed by atoms with Gasteiger partial charge in [-0.25, -0.2) is 19.6 Å². The Morgan fingerprint density at radius 2 is 1.17 bits per heavy atom. The largest absolute Gasteiger partial charge is 0.453 e. The van der Waals surface area contributed by atoms with Crippen LogP contribution in [-0.4, -0.2) is 105 Å². The molecule has 3 aliphatic heterocycles. The van der Waals surface area contributed by atoms with Crippen LogP contribution in [0, 0.1) is 23.7 Å². The van der Waals surface area contributed by atoms with Crippen LogP contribution < -0.4 is 10.6 Å². The molecule has 0 radical (unpaired) electrons. The third-order valence-corrected chi connectivity index (χ3v) is 14.1. The standard InChI is InChI=1S/C48H54N8O7/c1-25(2)41(53-47(59)61-3)45(57)55-37-19-33(37)21-39(55)43-49-23-35(51-43)27-7-5-26(6-8-27)29-9-10-31-18-32(12-11-30(31)17-29)36-24-50-44(52-36)40-22-34-20-38(34)56(40)46(58)42(54-48(60)62-4)28-13-15-63-16-14-28/h5-12,17-18,23-25,28,33-34,37-42H,13-16,19-22H2,1-4H3,(H,49,51)(H,50,52)(H,53,59)(H,54,60). The Morgan fingerprint density at radius 1 is 0.667 bits per heavy atom. The van der Waals surface area contributed by atoms with Crippen LogP contribution >= 0.6 is 0 Å². The summed E-state index contributed by atoms with van der Waals surface area (Å²) in [6, 6.07) is 19.9. The zero-order valence-corrected chi connectivity index (χ0v) is 36.0. The summed E-state index contributed by atoms with van der Waals surface area (Å²) in [5.74, 6) is 2.11. The molecule has 5 fully saturated rings. The molecule has 5 aliphatic rings. The minimum atomic E-state index is -0.678. The van der Waals surface area contributed by atoms with Crippen molar-refractivity contribution >= 4 is 34.8 Å². The summed E-state index contributed by atoms with van der Waals surface area (Å²) >= 11 is 0. The van der Waals surface area contributed by atoms with E-state index >= 15 is 0 Å². The summed E-state index contributed by atoms with van der Waals surface area (Å²) in [4.78, 5) is 73.1. The van der Waals surface area contributed by atoms with Gasteiger partial charge in [-0.15, -0.1) is 0 Å². The van der Waals surface area contributed by atoms with Crippen LogP contribution in [0.25, 0.3) is 44.4 Å². The summed E-state index contributed by atoms with van der Waals surface area (Å²) in [5.41, 5.74) is 5.95. The van der Waals surface area contributed by atoms with E-state index in [1.165, 1.54) is 14.2 Å². The Kier molecular flexibility index (Phi) is 10.7. The van der Waals surface area contributed by atoms with E-state index in [0.717, 1.165) is 81.7 Å². The number of H-pyrrole nitrogens is 2. The molecule has 2 saturated carbocycles. The number of aromatic nitrogens is 4. The van der Waals surface area contributed by atoms with Gasteiger partial charge in [-0.2, -0.15) is 0 Å². The van der Waals surface area contributed by atoms with Crippen LogP contribution in [0.5, 0.6) is 0 Å². The molecule has 4 amide bonds. The Balaban J connectivity index is 0.820. The normalized spacial score (nSPS) is 24.7. The summed E-state index contributed by atoms with van der Waals surface area (Å²) in [6.07, 6.45) is 7.51. The van der Waals surface area contributed by atoms with Gasteiger partial charge in [0.1, 0.15) is 23.7 Å². The number of amides is 4. The molecular weight excluding hydrogens is 801 g/mol. The molecular formula is C48H54N8O7. The van der Waals surface area contributed by atoms with Crippen molar-refractivity contribution in [2.24, 2.45) is 23.7 Å². The lowest BCUT2D eigenvalue weighted by Crippen LogP contribution is -2.54. The van der Waals surface area contributed by atoms with Gasteiger partial charge in [-0.3, -0.25) is 9.59 Å². The monoisotopic (exact) mass is 854 g/mol. The van der Waals surface area contributed by atoms with Gasteiger partial charge in [0, 0.05) is 30.9 Å². The quantitative estimate of drug-likeness (QED) is 0.107. The number of rotatable bonds is 11. The SMILES string of the molecule is COC(=O)NC(C(=O)N1C(c2ncc(-c3ccc(-c4ccc5cc(-c6cnc(C7CC8CC8N7C(=O)C(NC(=O)OC)C7CCOCC7)[nH]6)ccc5c4)cc3)[nH]2)CC2CC21)C(C)C. The number of hydrogen-bond acceptors (Lipinski definition) is 9. The topological polar surface area (TPSA) is 184 Å². The predicted octanol–water partition coefficient (Wildman–Crippen LogP) is 7.14. The zero-order chi connectivity index (χ0) is 43.5. The van der Waals surface area contributed by atoms with Gasteiger partial charge >= 0.3 is 12.2 Å². The molecule has 5 heterocycles. The van der Waals surface area contributed by atoms with Gasteiger partial charge in [-0.1, -0.05) is 62.4 Å². The Labute approximate surface area is 365 Å². The number of imidazole rings is 2. The fourth-order valence-electron chi connectivity index (χ4n) is 10.4. The lowest BCUT2D eigenvalue weighted by molar-refractivity contribution is -0.138. The summed E-state index contributed by atoms with van der Waals surface area (Å²) in [5, 5.41) is 7.81.